The first-order valence-corrected chi connectivity index (χ1v) is 8.75. The lowest BCUT2D eigenvalue weighted by molar-refractivity contribution is 0.103. The molecule has 0 atom stereocenters. The topological polar surface area (TPSA) is 38.3 Å². The molecular formula is C19H18ClNO2S. The van der Waals surface area contributed by atoms with Crippen molar-refractivity contribution in [3.05, 3.63) is 56.9 Å². The van der Waals surface area contributed by atoms with Gasteiger partial charge in [0.05, 0.1) is 12.1 Å². The lowest BCUT2D eigenvalue weighted by atomic mass is 10.1. The van der Waals surface area contributed by atoms with E-state index in [9.17, 15) is 4.79 Å². The van der Waals surface area contributed by atoms with Gasteiger partial charge < -0.3 is 10.1 Å². The van der Waals surface area contributed by atoms with Crippen LogP contribution in [0.2, 0.25) is 5.02 Å². The highest BCUT2D eigenvalue weighted by Crippen LogP contribution is 2.38. The van der Waals surface area contributed by atoms with Crippen LogP contribution in [-0.4, -0.2) is 13.0 Å². The van der Waals surface area contributed by atoms with Crippen LogP contribution in [0.5, 0.6) is 5.75 Å². The highest BCUT2D eigenvalue weighted by Gasteiger charge is 2.19. The first kappa shape index (κ1) is 16.8. The van der Waals surface area contributed by atoms with Crippen molar-refractivity contribution in [2.45, 2.75) is 20.8 Å². The van der Waals surface area contributed by atoms with Gasteiger partial charge in [-0.25, -0.2) is 0 Å². The molecule has 0 radical (unpaired) electrons. The molecule has 1 amide bonds. The summed E-state index contributed by atoms with van der Waals surface area (Å²) in [7, 11) is 1.62. The molecule has 0 aliphatic carbocycles. The maximum atomic E-state index is 12.7. The quantitative estimate of drug-likeness (QED) is 0.647. The van der Waals surface area contributed by atoms with Gasteiger partial charge in [-0.05, 0) is 50.1 Å². The molecule has 2 aromatic carbocycles. The zero-order valence-electron chi connectivity index (χ0n) is 14.0. The van der Waals surface area contributed by atoms with Crippen LogP contribution < -0.4 is 10.1 Å². The minimum atomic E-state index is -0.185. The Morgan fingerprint density at radius 1 is 1.12 bits per heavy atom. The summed E-state index contributed by atoms with van der Waals surface area (Å²) in [6.45, 7) is 6.03. The summed E-state index contributed by atoms with van der Waals surface area (Å²) in [6, 6.07) is 9.73. The fourth-order valence-electron chi connectivity index (χ4n) is 2.87. The fraction of sp³-hybridized carbons (Fsp3) is 0.211. The molecule has 3 rings (SSSR count). The number of anilines is 1. The molecule has 0 aliphatic heterocycles. The molecule has 0 saturated heterocycles. The standard InChI is InChI=1S/C19H18ClNO2S/c1-10-7-11(2)17(12(3)8-10)21-19(22)18-16(20)14-6-5-13(23-4)9-15(14)24-18/h5-9H,1-4H3,(H,21,22). The number of rotatable bonds is 3. The second-order valence-electron chi connectivity index (χ2n) is 5.84. The van der Waals surface area contributed by atoms with Crippen molar-refractivity contribution in [3.63, 3.8) is 0 Å². The zero-order valence-corrected chi connectivity index (χ0v) is 15.6. The molecule has 1 heterocycles. The van der Waals surface area contributed by atoms with Gasteiger partial charge in [0, 0.05) is 15.8 Å². The molecule has 3 nitrogen and oxygen atoms in total. The second-order valence-corrected chi connectivity index (χ2v) is 7.27. The molecule has 0 aliphatic rings. The molecule has 0 spiro atoms. The number of fused-ring (bicyclic) bond motifs is 1. The van der Waals surface area contributed by atoms with E-state index in [0.29, 0.717) is 9.90 Å². The monoisotopic (exact) mass is 359 g/mol. The predicted molar refractivity (Wildman–Crippen MR) is 102 cm³/mol. The maximum absolute atomic E-state index is 12.7. The first-order chi connectivity index (χ1) is 11.4. The summed E-state index contributed by atoms with van der Waals surface area (Å²) >= 11 is 7.80. The number of carbonyl (C=O) groups excluding carboxylic acids is 1. The summed E-state index contributed by atoms with van der Waals surface area (Å²) in [4.78, 5) is 13.2. The number of hydrogen-bond acceptors (Lipinski definition) is 3. The Balaban J connectivity index is 1.99. The van der Waals surface area contributed by atoms with E-state index in [1.165, 1.54) is 16.9 Å². The highest BCUT2D eigenvalue weighted by atomic mass is 35.5. The van der Waals surface area contributed by atoms with Crippen molar-refractivity contribution in [1.29, 1.82) is 0 Å². The van der Waals surface area contributed by atoms with E-state index < -0.39 is 0 Å². The number of benzene rings is 2. The van der Waals surface area contributed by atoms with Gasteiger partial charge >= 0.3 is 0 Å². The summed E-state index contributed by atoms with van der Waals surface area (Å²) in [6.07, 6.45) is 0. The van der Waals surface area contributed by atoms with Gasteiger partial charge in [-0.3, -0.25) is 4.79 Å². The van der Waals surface area contributed by atoms with Gasteiger partial charge in [-0.2, -0.15) is 0 Å². The zero-order chi connectivity index (χ0) is 17.4. The van der Waals surface area contributed by atoms with Crippen LogP contribution in [-0.2, 0) is 0 Å². The first-order valence-electron chi connectivity index (χ1n) is 7.56. The van der Waals surface area contributed by atoms with Gasteiger partial charge in [-0.15, -0.1) is 11.3 Å². The average Bonchev–Trinajstić information content (AvgIpc) is 2.87. The van der Waals surface area contributed by atoms with Crippen LogP contribution in [0.1, 0.15) is 26.4 Å². The molecule has 1 aromatic heterocycles. The maximum Gasteiger partial charge on any atom is 0.267 e. The van der Waals surface area contributed by atoms with E-state index in [0.717, 1.165) is 32.6 Å². The molecule has 24 heavy (non-hydrogen) atoms. The van der Waals surface area contributed by atoms with Crippen molar-refractivity contribution >= 4 is 44.6 Å². The minimum Gasteiger partial charge on any atom is -0.497 e. The SMILES string of the molecule is COc1ccc2c(Cl)c(C(=O)Nc3c(C)cc(C)cc3C)sc2c1. The Bertz CT molecular complexity index is 923. The van der Waals surface area contributed by atoms with Gasteiger partial charge in [0.25, 0.3) is 5.91 Å². The number of hydrogen-bond donors (Lipinski definition) is 1. The number of amides is 1. The minimum absolute atomic E-state index is 0.185. The molecule has 0 bridgehead atoms. The number of carbonyl (C=O) groups is 1. The van der Waals surface area contributed by atoms with Gasteiger partial charge in [0.15, 0.2) is 0 Å². The van der Waals surface area contributed by atoms with Crippen LogP contribution in [0.25, 0.3) is 10.1 Å². The van der Waals surface area contributed by atoms with Gasteiger partial charge in [0.2, 0.25) is 0 Å². The molecule has 1 N–H and O–H groups in total. The summed E-state index contributed by atoms with van der Waals surface area (Å²) in [5.74, 6) is 0.563. The summed E-state index contributed by atoms with van der Waals surface area (Å²) in [5, 5.41) is 4.36. The Morgan fingerprint density at radius 3 is 2.42 bits per heavy atom. The summed E-state index contributed by atoms with van der Waals surface area (Å²) in [5.41, 5.74) is 4.10. The molecule has 0 unspecified atom stereocenters. The van der Waals surface area contributed by atoms with Crippen molar-refractivity contribution in [3.8, 4) is 5.75 Å². The number of nitrogens with one attached hydrogen (secondary N) is 1. The highest BCUT2D eigenvalue weighted by molar-refractivity contribution is 7.21. The Kier molecular flexibility index (Phi) is 4.52. The Hall–Kier alpha value is -2.04. The van der Waals surface area contributed by atoms with Crippen LogP contribution in [0.3, 0.4) is 0 Å². The van der Waals surface area contributed by atoms with E-state index in [1.807, 2.05) is 39.0 Å². The molecule has 0 saturated carbocycles. The Labute approximate surface area is 150 Å². The third kappa shape index (κ3) is 2.99. The number of methoxy groups -OCH3 is 1. The normalized spacial score (nSPS) is 10.9. The number of ether oxygens (including phenoxy) is 1. The molecular weight excluding hydrogens is 342 g/mol. The average molecular weight is 360 g/mol. The lowest BCUT2D eigenvalue weighted by Crippen LogP contribution is -2.13. The van der Waals surface area contributed by atoms with Crippen LogP contribution >= 0.6 is 22.9 Å². The van der Waals surface area contributed by atoms with E-state index in [2.05, 4.69) is 17.4 Å². The van der Waals surface area contributed by atoms with Crippen LogP contribution in [0.4, 0.5) is 5.69 Å². The number of aryl methyl sites for hydroxylation is 3. The second kappa shape index (κ2) is 6.46. The molecule has 5 heteroatoms. The largest absolute Gasteiger partial charge is 0.497 e. The summed E-state index contributed by atoms with van der Waals surface area (Å²) < 4.78 is 6.17. The predicted octanol–water partition coefficient (Wildman–Crippen LogP) is 5.74. The lowest BCUT2D eigenvalue weighted by Gasteiger charge is -2.12. The van der Waals surface area contributed by atoms with Crippen molar-refractivity contribution < 1.29 is 9.53 Å². The fourth-order valence-corrected chi connectivity index (χ4v) is 4.31. The van der Waals surface area contributed by atoms with Gasteiger partial charge in [-0.1, -0.05) is 29.3 Å². The van der Waals surface area contributed by atoms with Crippen molar-refractivity contribution in [2.24, 2.45) is 0 Å². The van der Waals surface area contributed by atoms with E-state index in [1.54, 1.807) is 7.11 Å². The van der Waals surface area contributed by atoms with E-state index in [4.69, 9.17) is 16.3 Å². The van der Waals surface area contributed by atoms with Crippen LogP contribution in [0, 0.1) is 20.8 Å². The van der Waals surface area contributed by atoms with Gasteiger partial charge in [0.1, 0.15) is 10.6 Å². The third-order valence-corrected chi connectivity index (χ3v) is 5.61. The van der Waals surface area contributed by atoms with E-state index in [-0.39, 0.29) is 5.91 Å². The van der Waals surface area contributed by atoms with E-state index >= 15 is 0 Å². The van der Waals surface area contributed by atoms with Crippen molar-refractivity contribution in [1.82, 2.24) is 0 Å². The number of thiophene rings is 1. The number of halogens is 1. The molecule has 124 valence electrons. The third-order valence-electron chi connectivity index (χ3n) is 3.96. The molecule has 0 fully saturated rings. The smallest absolute Gasteiger partial charge is 0.267 e. The molecule has 3 aromatic rings. The van der Waals surface area contributed by atoms with Crippen molar-refractivity contribution in [2.75, 3.05) is 12.4 Å². The van der Waals surface area contributed by atoms with Crippen LogP contribution in [0.15, 0.2) is 30.3 Å². The Morgan fingerprint density at radius 2 is 1.79 bits per heavy atom.